The number of carbonyl (C=O) groups excluding carboxylic acids is 1. The molecule has 1 aliphatic rings. The molecule has 1 aromatic carbocycles. The van der Waals surface area contributed by atoms with Crippen LogP contribution in [0.2, 0.25) is 0 Å². The molecule has 1 aromatic rings. The fraction of sp³-hybridized carbons (Fsp3) is 0.588. The number of hydrazine groups is 1. The van der Waals surface area contributed by atoms with Crippen molar-refractivity contribution in [3.05, 3.63) is 23.8 Å². The third kappa shape index (κ3) is 4.84. The first-order chi connectivity index (χ1) is 11.2. The molecule has 2 unspecified atom stereocenters. The van der Waals surface area contributed by atoms with Crippen LogP contribution in [0, 0.1) is 0 Å². The van der Waals surface area contributed by atoms with E-state index in [0.29, 0.717) is 24.1 Å². The minimum absolute atomic E-state index is 0.0524. The van der Waals surface area contributed by atoms with E-state index in [2.05, 4.69) is 23.1 Å². The normalized spacial score (nSPS) is 20.3. The van der Waals surface area contributed by atoms with Crippen molar-refractivity contribution in [2.45, 2.75) is 44.7 Å². The lowest BCUT2D eigenvalue weighted by Gasteiger charge is -2.12. The molecule has 128 valence electrons. The third-order valence-corrected chi connectivity index (χ3v) is 4.10. The summed E-state index contributed by atoms with van der Waals surface area (Å²) in [4.78, 5) is 12.2. The van der Waals surface area contributed by atoms with Crippen molar-refractivity contribution in [2.24, 2.45) is 0 Å². The van der Waals surface area contributed by atoms with E-state index in [1.54, 1.807) is 14.2 Å². The van der Waals surface area contributed by atoms with Gasteiger partial charge in [-0.3, -0.25) is 10.2 Å². The highest BCUT2D eigenvalue weighted by Gasteiger charge is 2.28. The first-order valence-electron chi connectivity index (χ1n) is 8.17. The molecule has 0 radical (unpaired) electrons. The summed E-state index contributed by atoms with van der Waals surface area (Å²) in [5.41, 5.74) is 7.36. The van der Waals surface area contributed by atoms with Crippen LogP contribution < -0.4 is 25.6 Å². The van der Waals surface area contributed by atoms with Gasteiger partial charge >= 0.3 is 0 Å². The van der Waals surface area contributed by atoms with Crippen LogP contribution in [0.5, 0.6) is 11.5 Å². The molecular weight excluding hydrogens is 294 g/mol. The SMILES string of the molecule is CCCC1CC(C(=O)NCCc2ccc(OC)c(OC)c2)NN1. The van der Waals surface area contributed by atoms with Crippen molar-refractivity contribution in [1.82, 2.24) is 16.2 Å². The van der Waals surface area contributed by atoms with E-state index >= 15 is 0 Å². The summed E-state index contributed by atoms with van der Waals surface area (Å²) >= 11 is 0. The van der Waals surface area contributed by atoms with Gasteiger partial charge in [0.15, 0.2) is 11.5 Å². The highest BCUT2D eigenvalue weighted by molar-refractivity contribution is 5.82. The fourth-order valence-electron chi connectivity index (χ4n) is 2.82. The van der Waals surface area contributed by atoms with Gasteiger partial charge in [0.1, 0.15) is 6.04 Å². The van der Waals surface area contributed by atoms with E-state index in [4.69, 9.17) is 9.47 Å². The molecular formula is C17H27N3O3. The largest absolute Gasteiger partial charge is 0.493 e. The monoisotopic (exact) mass is 321 g/mol. The fourth-order valence-corrected chi connectivity index (χ4v) is 2.82. The Labute approximate surface area is 137 Å². The molecule has 2 atom stereocenters. The van der Waals surface area contributed by atoms with Gasteiger partial charge in [0, 0.05) is 12.6 Å². The Kier molecular flexibility index (Phi) is 6.67. The number of hydrogen-bond acceptors (Lipinski definition) is 5. The molecule has 2 rings (SSSR count). The standard InChI is InChI=1S/C17H27N3O3/c1-4-5-13-11-14(20-19-13)17(21)18-9-8-12-6-7-15(22-2)16(10-12)23-3/h6-7,10,13-14,19-20H,4-5,8-9,11H2,1-3H3,(H,18,21). The van der Waals surface area contributed by atoms with Crippen molar-refractivity contribution < 1.29 is 14.3 Å². The van der Waals surface area contributed by atoms with E-state index in [1.165, 1.54) is 0 Å². The molecule has 0 aliphatic carbocycles. The lowest BCUT2D eigenvalue weighted by atomic mass is 10.1. The van der Waals surface area contributed by atoms with Crippen LogP contribution >= 0.6 is 0 Å². The summed E-state index contributed by atoms with van der Waals surface area (Å²) in [5, 5.41) is 2.99. The molecule has 1 saturated heterocycles. The van der Waals surface area contributed by atoms with Crippen LogP contribution in [0.3, 0.4) is 0 Å². The number of methoxy groups -OCH3 is 2. The summed E-state index contributed by atoms with van der Waals surface area (Å²) in [6.45, 7) is 2.75. The van der Waals surface area contributed by atoms with Gasteiger partial charge in [-0.1, -0.05) is 19.4 Å². The van der Waals surface area contributed by atoms with E-state index in [0.717, 1.165) is 31.2 Å². The Bertz CT molecular complexity index is 522. The predicted octanol–water partition coefficient (Wildman–Crippen LogP) is 1.40. The third-order valence-electron chi connectivity index (χ3n) is 4.10. The Morgan fingerprint density at radius 1 is 1.26 bits per heavy atom. The van der Waals surface area contributed by atoms with Crippen LogP contribution in [0.1, 0.15) is 31.7 Å². The number of nitrogens with one attached hydrogen (secondary N) is 3. The minimum Gasteiger partial charge on any atom is -0.493 e. The van der Waals surface area contributed by atoms with E-state index in [9.17, 15) is 4.79 Å². The first kappa shape index (κ1) is 17.6. The van der Waals surface area contributed by atoms with Crippen LogP contribution in [0.15, 0.2) is 18.2 Å². The Morgan fingerprint density at radius 3 is 2.74 bits per heavy atom. The molecule has 0 spiro atoms. The Morgan fingerprint density at radius 2 is 2.04 bits per heavy atom. The lowest BCUT2D eigenvalue weighted by Crippen LogP contribution is -2.43. The number of rotatable bonds is 8. The molecule has 1 aliphatic heterocycles. The van der Waals surface area contributed by atoms with Gasteiger partial charge in [-0.05, 0) is 37.0 Å². The van der Waals surface area contributed by atoms with Crippen LogP contribution in [0.4, 0.5) is 0 Å². The first-order valence-corrected chi connectivity index (χ1v) is 8.17. The lowest BCUT2D eigenvalue weighted by molar-refractivity contribution is -0.122. The van der Waals surface area contributed by atoms with Crippen molar-refractivity contribution >= 4 is 5.91 Å². The average molecular weight is 321 g/mol. The van der Waals surface area contributed by atoms with Gasteiger partial charge in [-0.2, -0.15) is 0 Å². The summed E-state index contributed by atoms with van der Waals surface area (Å²) in [6.07, 6.45) is 3.80. The van der Waals surface area contributed by atoms with Gasteiger partial charge in [0.2, 0.25) is 5.91 Å². The topological polar surface area (TPSA) is 71.6 Å². The van der Waals surface area contributed by atoms with Gasteiger partial charge < -0.3 is 14.8 Å². The van der Waals surface area contributed by atoms with E-state index in [1.807, 2.05) is 18.2 Å². The zero-order valence-electron chi connectivity index (χ0n) is 14.1. The van der Waals surface area contributed by atoms with Gasteiger partial charge in [-0.25, -0.2) is 5.43 Å². The summed E-state index contributed by atoms with van der Waals surface area (Å²) in [6, 6.07) is 6.06. The molecule has 3 N–H and O–H groups in total. The van der Waals surface area contributed by atoms with Crippen molar-refractivity contribution in [1.29, 1.82) is 0 Å². The summed E-state index contributed by atoms with van der Waals surface area (Å²) in [5.74, 6) is 1.47. The number of hydrogen-bond donors (Lipinski definition) is 3. The zero-order chi connectivity index (χ0) is 16.7. The highest BCUT2D eigenvalue weighted by atomic mass is 16.5. The minimum atomic E-state index is -0.142. The molecule has 0 bridgehead atoms. The van der Waals surface area contributed by atoms with Crippen LogP contribution in [-0.4, -0.2) is 38.8 Å². The molecule has 0 saturated carbocycles. The maximum absolute atomic E-state index is 12.2. The predicted molar refractivity (Wildman–Crippen MR) is 89.6 cm³/mol. The molecule has 1 amide bonds. The molecule has 1 heterocycles. The van der Waals surface area contributed by atoms with E-state index in [-0.39, 0.29) is 11.9 Å². The second kappa shape index (κ2) is 8.74. The zero-order valence-corrected chi connectivity index (χ0v) is 14.1. The molecule has 6 heteroatoms. The Balaban J connectivity index is 1.77. The number of amides is 1. The quantitative estimate of drug-likeness (QED) is 0.675. The maximum atomic E-state index is 12.2. The highest BCUT2D eigenvalue weighted by Crippen LogP contribution is 2.27. The molecule has 0 aromatic heterocycles. The summed E-state index contributed by atoms with van der Waals surface area (Å²) in [7, 11) is 3.24. The smallest absolute Gasteiger partial charge is 0.238 e. The summed E-state index contributed by atoms with van der Waals surface area (Å²) < 4.78 is 10.5. The van der Waals surface area contributed by atoms with Gasteiger partial charge in [0.05, 0.1) is 14.2 Å². The molecule has 23 heavy (non-hydrogen) atoms. The number of carbonyl (C=O) groups is 1. The Hall–Kier alpha value is -1.79. The molecule has 6 nitrogen and oxygen atoms in total. The van der Waals surface area contributed by atoms with Crippen molar-refractivity contribution in [2.75, 3.05) is 20.8 Å². The molecule has 1 fully saturated rings. The number of ether oxygens (including phenoxy) is 2. The second-order valence-electron chi connectivity index (χ2n) is 5.79. The van der Waals surface area contributed by atoms with Gasteiger partial charge in [0.25, 0.3) is 0 Å². The second-order valence-corrected chi connectivity index (χ2v) is 5.79. The number of benzene rings is 1. The van der Waals surface area contributed by atoms with Gasteiger partial charge in [-0.15, -0.1) is 0 Å². The van der Waals surface area contributed by atoms with Crippen LogP contribution in [-0.2, 0) is 11.2 Å². The van der Waals surface area contributed by atoms with E-state index < -0.39 is 0 Å². The van der Waals surface area contributed by atoms with Crippen LogP contribution in [0.25, 0.3) is 0 Å². The van der Waals surface area contributed by atoms with Crippen molar-refractivity contribution in [3.8, 4) is 11.5 Å². The maximum Gasteiger partial charge on any atom is 0.238 e. The van der Waals surface area contributed by atoms with Crippen molar-refractivity contribution in [3.63, 3.8) is 0 Å². The average Bonchev–Trinajstić information content (AvgIpc) is 3.03.